The van der Waals surface area contributed by atoms with E-state index in [1.165, 1.54) is 10.8 Å². The molecule has 0 aliphatic rings. The Morgan fingerprint density at radius 2 is 1.12 bits per heavy atom. The molecule has 5 heteroatoms. The second kappa shape index (κ2) is 12.4. The number of para-hydroxylation sites is 3. The second-order valence-electron chi connectivity index (χ2n) is 14.6. The zero-order chi connectivity index (χ0) is 37.5. The Labute approximate surface area is 327 Å². The minimum absolute atomic E-state index is 0.621. The van der Waals surface area contributed by atoms with Gasteiger partial charge < -0.3 is 9.32 Å². The van der Waals surface area contributed by atoms with Crippen molar-refractivity contribution in [3.05, 3.63) is 194 Å². The molecule has 12 rings (SSSR count). The van der Waals surface area contributed by atoms with Crippen LogP contribution < -0.4 is 4.90 Å². The molecule has 0 aliphatic carbocycles. The summed E-state index contributed by atoms with van der Waals surface area (Å²) < 4.78 is 9.34. The lowest BCUT2D eigenvalue weighted by molar-refractivity contribution is 0.673. The fourth-order valence-electron chi connectivity index (χ4n) is 8.83. The van der Waals surface area contributed by atoms with E-state index >= 15 is 0 Å². The summed E-state index contributed by atoms with van der Waals surface area (Å²) in [5, 5.41) is 10.00. The van der Waals surface area contributed by atoms with Gasteiger partial charge in [0.25, 0.3) is 0 Å². The van der Waals surface area contributed by atoms with Crippen LogP contribution in [0.1, 0.15) is 0 Å². The topological polar surface area (TPSA) is 47.1 Å². The molecule has 3 aromatic heterocycles. The van der Waals surface area contributed by atoms with Gasteiger partial charge in [0.1, 0.15) is 11.2 Å². The number of benzene rings is 9. The van der Waals surface area contributed by atoms with Gasteiger partial charge in [0.2, 0.25) is 5.95 Å². The third-order valence-corrected chi connectivity index (χ3v) is 11.3. The summed E-state index contributed by atoms with van der Waals surface area (Å²) in [6, 6.07) is 68.3. The highest BCUT2D eigenvalue weighted by Gasteiger charge is 2.24. The molecule has 57 heavy (non-hydrogen) atoms. The third kappa shape index (κ3) is 4.82. The Bertz CT molecular complexity index is 3530. The lowest BCUT2D eigenvalue weighted by Crippen LogP contribution is -2.10. The van der Waals surface area contributed by atoms with Crippen LogP contribution in [-0.2, 0) is 0 Å². The summed E-state index contributed by atoms with van der Waals surface area (Å²) in [6.07, 6.45) is 0. The molecule has 0 N–H and O–H groups in total. The molecule has 0 unspecified atom stereocenters. The van der Waals surface area contributed by atoms with Gasteiger partial charge in [-0.2, -0.15) is 0 Å². The summed E-state index contributed by atoms with van der Waals surface area (Å²) in [6.45, 7) is 0. The number of aromatic nitrogens is 3. The average Bonchev–Trinajstić information content (AvgIpc) is 3.83. The first-order valence-electron chi connectivity index (χ1n) is 19.3. The van der Waals surface area contributed by atoms with Crippen molar-refractivity contribution in [2.75, 3.05) is 4.90 Å². The van der Waals surface area contributed by atoms with E-state index in [0.29, 0.717) is 5.95 Å². The monoisotopic (exact) mass is 728 g/mol. The van der Waals surface area contributed by atoms with Crippen molar-refractivity contribution in [3.63, 3.8) is 0 Å². The minimum atomic E-state index is 0.621. The Morgan fingerprint density at radius 3 is 1.96 bits per heavy atom. The lowest BCUT2D eigenvalue weighted by atomic mass is 9.99. The van der Waals surface area contributed by atoms with Crippen LogP contribution in [0.15, 0.2) is 199 Å². The minimum Gasteiger partial charge on any atom is -0.455 e. The Morgan fingerprint density at radius 1 is 0.439 bits per heavy atom. The normalized spacial score (nSPS) is 11.9. The van der Waals surface area contributed by atoms with E-state index in [1.54, 1.807) is 0 Å². The van der Waals surface area contributed by atoms with Crippen LogP contribution in [0.4, 0.5) is 17.1 Å². The number of hydrogen-bond acceptors (Lipinski definition) is 4. The lowest BCUT2D eigenvalue weighted by Gasteiger charge is -2.27. The first kappa shape index (κ1) is 31.6. The molecule has 9 aromatic carbocycles. The molecule has 0 radical (unpaired) electrons. The fraction of sp³-hybridized carbons (Fsp3) is 0. The molecular formula is C52H32N4O. The number of hydrogen-bond donors (Lipinski definition) is 0. The number of rotatable bonds is 5. The van der Waals surface area contributed by atoms with Crippen LogP contribution >= 0.6 is 0 Å². The highest BCUT2D eigenvalue weighted by atomic mass is 16.3. The molecule has 0 aliphatic heterocycles. The summed E-state index contributed by atoms with van der Waals surface area (Å²) in [5.74, 6) is 0.621. The molecule has 3 heterocycles. The van der Waals surface area contributed by atoms with Gasteiger partial charge >= 0.3 is 0 Å². The van der Waals surface area contributed by atoms with E-state index in [1.807, 2.05) is 18.2 Å². The van der Waals surface area contributed by atoms with Crippen molar-refractivity contribution < 1.29 is 4.42 Å². The molecule has 0 atom stereocenters. The molecule has 0 spiro atoms. The van der Waals surface area contributed by atoms with E-state index in [0.717, 1.165) is 93.7 Å². The van der Waals surface area contributed by atoms with Crippen molar-refractivity contribution in [1.29, 1.82) is 0 Å². The third-order valence-electron chi connectivity index (χ3n) is 11.3. The summed E-state index contributed by atoms with van der Waals surface area (Å²) in [5.41, 5.74) is 9.74. The van der Waals surface area contributed by atoms with E-state index in [2.05, 4.69) is 185 Å². The van der Waals surface area contributed by atoms with Crippen LogP contribution in [0.2, 0.25) is 0 Å². The smallest absolute Gasteiger partial charge is 0.235 e. The van der Waals surface area contributed by atoms with Crippen molar-refractivity contribution >= 4 is 93.3 Å². The van der Waals surface area contributed by atoms with Gasteiger partial charge in [-0.3, -0.25) is 4.57 Å². The second-order valence-corrected chi connectivity index (χ2v) is 14.6. The van der Waals surface area contributed by atoms with Gasteiger partial charge in [0.05, 0.1) is 33.3 Å². The maximum atomic E-state index is 7.15. The largest absolute Gasteiger partial charge is 0.455 e. The Kier molecular flexibility index (Phi) is 6.86. The molecule has 0 fully saturated rings. The summed E-state index contributed by atoms with van der Waals surface area (Å²) in [7, 11) is 0. The van der Waals surface area contributed by atoms with Crippen LogP contribution in [0.5, 0.6) is 0 Å². The SMILES string of the molecule is c1ccc(-c2nc(-n3c4ccccc4c4c5oc6cc(N(c7ccccc7)c7ccc8ccccc8c7)c7ccccc7c6c5ccc43)nc3ccccc23)cc1. The highest BCUT2D eigenvalue weighted by molar-refractivity contribution is 6.29. The van der Waals surface area contributed by atoms with Crippen molar-refractivity contribution in [2.24, 2.45) is 0 Å². The van der Waals surface area contributed by atoms with Crippen LogP contribution in [0.25, 0.3) is 93.4 Å². The average molecular weight is 729 g/mol. The number of furan rings is 1. The fourth-order valence-corrected chi connectivity index (χ4v) is 8.83. The summed E-state index contributed by atoms with van der Waals surface area (Å²) in [4.78, 5) is 12.8. The molecule has 266 valence electrons. The van der Waals surface area contributed by atoms with Gasteiger partial charge in [-0.05, 0) is 64.7 Å². The maximum absolute atomic E-state index is 7.15. The Balaban J connectivity index is 1.14. The number of anilines is 3. The van der Waals surface area contributed by atoms with Crippen LogP contribution in [0, 0.1) is 0 Å². The zero-order valence-corrected chi connectivity index (χ0v) is 30.7. The van der Waals surface area contributed by atoms with E-state index in [9.17, 15) is 0 Å². The molecule has 0 amide bonds. The van der Waals surface area contributed by atoms with Gasteiger partial charge in [-0.15, -0.1) is 0 Å². The first-order valence-corrected chi connectivity index (χ1v) is 19.3. The van der Waals surface area contributed by atoms with Gasteiger partial charge in [0, 0.05) is 49.9 Å². The van der Waals surface area contributed by atoms with E-state index in [4.69, 9.17) is 14.4 Å². The molecule has 5 nitrogen and oxygen atoms in total. The van der Waals surface area contributed by atoms with Crippen LogP contribution in [0.3, 0.4) is 0 Å². The predicted octanol–water partition coefficient (Wildman–Crippen LogP) is 14.1. The quantitative estimate of drug-likeness (QED) is 0.177. The van der Waals surface area contributed by atoms with Gasteiger partial charge in [0.15, 0.2) is 0 Å². The number of nitrogens with zero attached hydrogens (tertiary/aromatic N) is 4. The molecule has 0 bridgehead atoms. The van der Waals surface area contributed by atoms with Crippen molar-refractivity contribution in [1.82, 2.24) is 14.5 Å². The van der Waals surface area contributed by atoms with Gasteiger partial charge in [-0.25, -0.2) is 9.97 Å². The number of fused-ring (bicyclic) bond motifs is 11. The van der Waals surface area contributed by atoms with Crippen LogP contribution in [-0.4, -0.2) is 14.5 Å². The first-order chi connectivity index (χ1) is 28.3. The predicted molar refractivity (Wildman–Crippen MR) is 236 cm³/mol. The van der Waals surface area contributed by atoms with E-state index in [-0.39, 0.29) is 0 Å². The van der Waals surface area contributed by atoms with Crippen molar-refractivity contribution in [2.45, 2.75) is 0 Å². The maximum Gasteiger partial charge on any atom is 0.235 e. The highest BCUT2D eigenvalue weighted by Crippen LogP contribution is 2.47. The molecule has 0 saturated heterocycles. The Hall–Kier alpha value is -7.76. The molecule has 0 saturated carbocycles. The standard InChI is InChI=1S/C52H32N4O/c1-3-16-34(17-4-1)50-40-23-11-13-25-43(40)53-52(54-50)56-44-26-14-12-24-41(44)49-45(56)30-29-42-48-39-22-10-9-21-38(39)46(32-47(48)57-51(42)49)55(36-19-5-2-6-20-36)37-28-27-33-15-7-8-18-35(33)31-37/h1-32H. The zero-order valence-electron chi connectivity index (χ0n) is 30.7. The van der Waals surface area contributed by atoms with E-state index < -0.39 is 0 Å². The summed E-state index contributed by atoms with van der Waals surface area (Å²) >= 11 is 0. The molecular weight excluding hydrogens is 697 g/mol. The molecule has 12 aromatic rings. The van der Waals surface area contributed by atoms with Gasteiger partial charge in [-0.1, -0.05) is 140 Å². The van der Waals surface area contributed by atoms with Crippen molar-refractivity contribution in [3.8, 4) is 17.2 Å².